The molecule has 1 rings (SSSR count). The van der Waals surface area contributed by atoms with Crippen LogP contribution in [-0.2, 0) is 12.3 Å². The first-order valence-corrected chi connectivity index (χ1v) is 6.17. The van der Waals surface area contributed by atoms with Crippen molar-refractivity contribution in [1.29, 1.82) is 0 Å². The fourth-order valence-electron chi connectivity index (χ4n) is 1.81. The zero-order chi connectivity index (χ0) is 11.1. The minimum atomic E-state index is 0.593. The molecule has 0 aliphatic carbocycles. The third-order valence-corrected chi connectivity index (χ3v) is 3.04. The number of nitrogens with two attached hydrogens (primary N) is 1. The van der Waals surface area contributed by atoms with E-state index in [0.29, 0.717) is 11.8 Å². The predicted octanol–water partition coefficient (Wildman–Crippen LogP) is 3.34. The van der Waals surface area contributed by atoms with Crippen LogP contribution in [-0.4, -0.2) is 6.54 Å². The van der Waals surface area contributed by atoms with E-state index >= 15 is 0 Å². The van der Waals surface area contributed by atoms with E-state index in [0.717, 1.165) is 13.0 Å². The first-order valence-electron chi connectivity index (χ1n) is 5.64. The summed E-state index contributed by atoms with van der Waals surface area (Å²) in [6.45, 7) is 2.99. The lowest BCUT2D eigenvalue weighted by Gasteiger charge is -2.13. The van der Waals surface area contributed by atoms with Gasteiger partial charge in [0.15, 0.2) is 0 Å². The number of hydrogen-bond donors (Lipinski definition) is 1. The molecule has 2 heteroatoms. The van der Waals surface area contributed by atoms with Crippen LogP contribution in [0.4, 0.5) is 0 Å². The van der Waals surface area contributed by atoms with Gasteiger partial charge in [0.1, 0.15) is 0 Å². The van der Waals surface area contributed by atoms with E-state index in [1.807, 2.05) is 0 Å². The number of halogens is 1. The lowest BCUT2D eigenvalue weighted by molar-refractivity contribution is 0.487. The molecule has 1 atom stereocenters. The van der Waals surface area contributed by atoms with Gasteiger partial charge in [0.05, 0.1) is 0 Å². The van der Waals surface area contributed by atoms with Crippen LogP contribution in [0.2, 0.25) is 0 Å². The summed E-state index contributed by atoms with van der Waals surface area (Å²) in [5.41, 5.74) is 8.29. The molecule has 0 bridgehead atoms. The van der Waals surface area contributed by atoms with Gasteiger partial charge < -0.3 is 5.73 Å². The van der Waals surface area contributed by atoms with Crippen LogP contribution in [0.15, 0.2) is 24.3 Å². The summed E-state index contributed by atoms with van der Waals surface area (Å²) in [7, 11) is 0. The van der Waals surface area contributed by atoms with E-state index in [9.17, 15) is 0 Å². The molecule has 1 aromatic carbocycles. The molecule has 15 heavy (non-hydrogen) atoms. The van der Waals surface area contributed by atoms with Gasteiger partial charge in [-0.15, -0.1) is 11.6 Å². The van der Waals surface area contributed by atoms with Gasteiger partial charge in [-0.1, -0.05) is 37.6 Å². The van der Waals surface area contributed by atoms with Crippen molar-refractivity contribution in [3.63, 3.8) is 0 Å². The highest BCUT2D eigenvalue weighted by Crippen LogP contribution is 2.14. The largest absolute Gasteiger partial charge is 0.330 e. The average Bonchev–Trinajstić information content (AvgIpc) is 2.29. The summed E-state index contributed by atoms with van der Waals surface area (Å²) in [6.07, 6.45) is 3.52. The predicted molar refractivity (Wildman–Crippen MR) is 67.2 cm³/mol. The second-order valence-corrected chi connectivity index (χ2v) is 4.31. The molecule has 0 aliphatic rings. The van der Waals surface area contributed by atoms with E-state index < -0.39 is 0 Å². The Kier molecular flexibility index (Phi) is 5.74. The van der Waals surface area contributed by atoms with Crippen molar-refractivity contribution in [3.05, 3.63) is 35.4 Å². The average molecular weight is 226 g/mol. The second kappa shape index (κ2) is 6.86. The van der Waals surface area contributed by atoms with Gasteiger partial charge >= 0.3 is 0 Å². The van der Waals surface area contributed by atoms with Crippen LogP contribution >= 0.6 is 11.6 Å². The van der Waals surface area contributed by atoms with E-state index in [1.165, 1.54) is 24.0 Å². The molecule has 0 heterocycles. The Labute approximate surface area is 97.6 Å². The Hall–Kier alpha value is -0.530. The summed E-state index contributed by atoms with van der Waals surface area (Å²) in [5.74, 6) is 1.21. The van der Waals surface area contributed by atoms with Gasteiger partial charge in [-0.25, -0.2) is 0 Å². The van der Waals surface area contributed by atoms with E-state index in [1.54, 1.807) is 0 Å². The Morgan fingerprint density at radius 1 is 1.20 bits per heavy atom. The quantitative estimate of drug-likeness (QED) is 0.739. The molecule has 0 saturated carbocycles. The molecule has 1 nitrogen and oxygen atoms in total. The minimum absolute atomic E-state index is 0.593. The first-order chi connectivity index (χ1) is 7.30. The molecule has 0 aromatic heterocycles. The van der Waals surface area contributed by atoms with Crippen molar-refractivity contribution in [2.24, 2.45) is 11.7 Å². The molecule has 0 radical (unpaired) electrons. The smallest absolute Gasteiger partial charge is 0.0474 e. The number of benzene rings is 1. The molecule has 2 N–H and O–H groups in total. The van der Waals surface area contributed by atoms with Crippen molar-refractivity contribution in [2.45, 2.75) is 32.1 Å². The Balaban J connectivity index is 2.55. The summed E-state index contributed by atoms with van der Waals surface area (Å²) in [5, 5.41) is 0. The highest BCUT2D eigenvalue weighted by Gasteiger charge is 2.06. The topological polar surface area (TPSA) is 26.0 Å². The SMILES string of the molecule is CCCC(CN)Cc1ccc(CCl)cc1. The maximum atomic E-state index is 5.74. The van der Waals surface area contributed by atoms with Crippen LogP contribution in [0.25, 0.3) is 0 Å². The highest BCUT2D eigenvalue weighted by atomic mass is 35.5. The monoisotopic (exact) mass is 225 g/mol. The fraction of sp³-hybridized carbons (Fsp3) is 0.538. The minimum Gasteiger partial charge on any atom is -0.330 e. The zero-order valence-electron chi connectivity index (χ0n) is 9.38. The molecule has 0 spiro atoms. The maximum Gasteiger partial charge on any atom is 0.0474 e. The Morgan fingerprint density at radius 3 is 2.27 bits per heavy atom. The van der Waals surface area contributed by atoms with Gasteiger partial charge in [0.2, 0.25) is 0 Å². The summed E-state index contributed by atoms with van der Waals surface area (Å²) < 4.78 is 0. The molecular formula is C13H20ClN. The Morgan fingerprint density at radius 2 is 1.80 bits per heavy atom. The molecule has 1 aromatic rings. The third-order valence-electron chi connectivity index (χ3n) is 2.73. The van der Waals surface area contributed by atoms with Crippen molar-refractivity contribution in [1.82, 2.24) is 0 Å². The van der Waals surface area contributed by atoms with E-state index in [4.69, 9.17) is 17.3 Å². The molecule has 1 unspecified atom stereocenters. The van der Waals surface area contributed by atoms with Crippen molar-refractivity contribution in [3.8, 4) is 0 Å². The summed E-state index contributed by atoms with van der Waals surface area (Å²) in [4.78, 5) is 0. The van der Waals surface area contributed by atoms with Crippen LogP contribution in [0.5, 0.6) is 0 Å². The summed E-state index contributed by atoms with van der Waals surface area (Å²) in [6, 6.07) is 8.52. The van der Waals surface area contributed by atoms with E-state index in [-0.39, 0.29) is 0 Å². The molecule has 84 valence electrons. The third kappa shape index (κ3) is 4.23. The lowest BCUT2D eigenvalue weighted by atomic mass is 9.95. The zero-order valence-corrected chi connectivity index (χ0v) is 10.1. The van der Waals surface area contributed by atoms with Gasteiger partial charge in [-0.2, -0.15) is 0 Å². The van der Waals surface area contributed by atoms with Gasteiger partial charge in [0, 0.05) is 5.88 Å². The number of alkyl halides is 1. The maximum absolute atomic E-state index is 5.74. The first kappa shape index (κ1) is 12.5. The van der Waals surface area contributed by atoms with Crippen LogP contribution in [0, 0.1) is 5.92 Å². The van der Waals surface area contributed by atoms with Crippen LogP contribution in [0.1, 0.15) is 30.9 Å². The number of rotatable bonds is 6. The molecule has 0 fully saturated rings. The van der Waals surface area contributed by atoms with Crippen molar-refractivity contribution in [2.75, 3.05) is 6.54 Å². The fourth-order valence-corrected chi connectivity index (χ4v) is 1.99. The van der Waals surface area contributed by atoms with E-state index in [2.05, 4.69) is 31.2 Å². The summed E-state index contributed by atoms with van der Waals surface area (Å²) >= 11 is 5.74. The van der Waals surface area contributed by atoms with Gasteiger partial charge in [-0.05, 0) is 36.4 Å². The molecule has 0 aliphatic heterocycles. The normalized spacial score (nSPS) is 12.7. The second-order valence-electron chi connectivity index (χ2n) is 4.04. The van der Waals surface area contributed by atoms with Crippen molar-refractivity contribution >= 4 is 11.6 Å². The highest BCUT2D eigenvalue weighted by molar-refractivity contribution is 6.17. The molecular weight excluding hydrogens is 206 g/mol. The van der Waals surface area contributed by atoms with Crippen molar-refractivity contribution < 1.29 is 0 Å². The standard InChI is InChI=1S/C13H20ClN/c1-2-3-13(10-15)8-11-4-6-12(9-14)7-5-11/h4-7,13H,2-3,8-10,15H2,1H3. The number of hydrogen-bond acceptors (Lipinski definition) is 1. The van der Waals surface area contributed by atoms with Crippen LogP contribution < -0.4 is 5.73 Å². The van der Waals surface area contributed by atoms with Gasteiger partial charge in [0.25, 0.3) is 0 Å². The lowest BCUT2D eigenvalue weighted by Crippen LogP contribution is -2.16. The van der Waals surface area contributed by atoms with Gasteiger partial charge in [-0.3, -0.25) is 0 Å². The molecule has 0 amide bonds. The Bertz CT molecular complexity index is 268. The van der Waals surface area contributed by atoms with Crippen LogP contribution in [0.3, 0.4) is 0 Å². The molecule has 0 saturated heterocycles.